The van der Waals surface area contributed by atoms with E-state index < -0.39 is 35.8 Å². The second-order valence-electron chi connectivity index (χ2n) is 11.1. The Hall–Kier alpha value is -3.96. The van der Waals surface area contributed by atoms with Crippen molar-refractivity contribution in [3.05, 3.63) is 65.7 Å². The predicted octanol–water partition coefficient (Wildman–Crippen LogP) is 3.22. The summed E-state index contributed by atoms with van der Waals surface area (Å²) in [7, 11) is 1.58. The Morgan fingerprint density at radius 2 is 1.73 bits per heavy atom. The molecule has 11 heteroatoms. The molecule has 0 aromatic heterocycles. The van der Waals surface area contributed by atoms with Crippen LogP contribution in [-0.2, 0) is 35.2 Å². The lowest BCUT2D eigenvalue weighted by molar-refractivity contribution is -0.160. The van der Waals surface area contributed by atoms with Gasteiger partial charge in [-0.1, -0.05) is 49.4 Å². The van der Waals surface area contributed by atoms with Gasteiger partial charge in [0.15, 0.2) is 5.66 Å². The van der Waals surface area contributed by atoms with Gasteiger partial charge in [0, 0.05) is 32.0 Å². The first-order valence-corrected chi connectivity index (χ1v) is 15.2. The number of amides is 2. The molecule has 0 bridgehead atoms. The van der Waals surface area contributed by atoms with E-state index >= 15 is 0 Å². The van der Waals surface area contributed by atoms with Crippen LogP contribution in [0.4, 0.5) is 0 Å². The van der Waals surface area contributed by atoms with Crippen molar-refractivity contribution < 1.29 is 33.4 Å². The summed E-state index contributed by atoms with van der Waals surface area (Å²) >= 11 is 0. The number of carbonyl (C=O) groups excluding carboxylic acids is 4. The van der Waals surface area contributed by atoms with Gasteiger partial charge in [-0.3, -0.25) is 25.4 Å². The molecular formula is C33H46N4O7. The van der Waals surface area contributed by atoms with Gasteiger partial charge < -0.3 is 24.4 Å². The second-order valence-corrected chi connectivity index (χ2v) is 11.1. The quantitative estimate of drug-likeness (QED) is 0.113. The zero-order valence-corrected chi connectivity index (χ0v) is 26.0. The van der Waals surface area contributed by atoms with Crippen LogP contribution in [0, 0.1) is 5.92 Å². The molecule has 0 spiro atoms. The first kappa shape index (κ1) is 34.5. The van der Waals surface area contributed by atoms with Crippen molar-refractivity contribution in [3.63, 3.8) is 0 Å². The summed E-state index contributed by atoms with van der Waals surface area (Å²) in [4.78, 5) is 54.2. The van der Waals surface area contributed by atoms with Gasteiger partial charge in [0.1, 0.15) is 18.9 Å². The molecule has 2 unspecified atom stereocenters. The number of hydrogen-bond acceptors (Lipinski definition) is 9. The number of rotatable bonds is 16. The SMILES string of the molecule is CCOC(=O)CC(=O)NC(N)(C(=O)OCNCc1cccc(OC)c1)C(CC(=O)N1CCCCC1)C[C@@H](C)c1ccccc1. The lowest BCUT2D eigenvalue weighted by Gasteiger charge is -2.38. The molecular weight excluding hydrogens is 564 g/mol. The molecule has 4 N–H and O–H groups in total. The van der Waals surface area contributed by atoms with Gasteiger partial charge in [0.2, 0.25) is 11.8 Å². The minimum absolute atomic E-state index is 0.0836. The van der Waals surface area contributed by atoms with Crippen LogP contribution in [0.25, 0.3) is 0 Å². The highest BCUT2D eigenvalue weighted by Crippen LogP contribution is 2.32. The van der Waals surface area contributed by atoms with E-state index in [0.717, 1.165) is 30.4 Å². The summed E-state index contributed by atoms with van der Waals surface area (Å²) in [6.07, 6.45) is 2.45. The molecule has 0 saturated carbocycles. The van der Waals surface area contributed by atoms with Gasteiger partial charge in [-0.25, -0.2) is 4.79 Å². The monoisotopic (exact) mass is 610 g/mol. The Balaban J connectivity index is 1.84. The molecule has 2 aromatic rings. The zero-order valence-electron chi connectivity index (χ0n) is 26.0. The van der Waals surface area contributed by atoms with Gasteiger partial charge in [-0.05, 0) is 61.8 Å². The standard InChI is InChI=1S/C33H46N4O7/c1-4-43-31(40)21-29(38)36-33(34,32(41)44-23-35-22-25-12-11-15-28(19-25)42-3)27(18-24(2)26-13-7-5-8-14-26)20-30(39)37-16-9-6-10-17-37/h5,7-8,11-15,19,24,27,35H,4,6,9-10,16-18,20-23,34H2,1-3H3,(H,36,38)/t24-,27?,33?/m1/s1. The molecule has 1 saturated heterocycles. The molecule has 3 atom stereocenters. The maximum atomic E-state index is 13.8. The van der Waals surface area contributed by atoms with E-state index in [-0.39, 0.29) is 31.6 Å². The molecule has 0 radical (unpaired) electrons. The van der Waals surface area contributed by atoms with Crippen LogP contribution in [0.15, 0.2) is 54.6 Å². The first-order chi connectivity index (χ1) is 21.2. The van der Waals surface area contributed by atoms with Gasteiger partial charge >= 0.3 is 11.9 Å². The van der Waals surface area contributed by atoms with E-state index in [4.69, 9.17) is 19.9 Å². The fraction of sp³-hybridized carbons (Fsp3) is 0.515. The minimum atomic E-state index is -2.10. The summed E-state index contributed by atoms with van der Waals surface area (Å²) in [5, 5.41) is 5.61. The fourth-order valence-electron chi connectivity index (χ4n) is 5.41. The van der Waals surface area contributed by atoms with E-state index in [1.165, 1.54) is 0 Å². The number of nitrogens with zero attached hydrogens (tertiary/aromatic N) is 1. The lowest BCUT2D eigenvalue weighted by Crippen LogP contribution is -2.67. The molecule has 240 valence electrons. The average Bonchev–Trinajstić information content (AvgIpc) is 3.03. The molecule has 1 fully saturated rings. The number of carbonyl (C=O) groups is 4. The van der Waals surface area contributed by atoms with Crippen LogP contribution in [-0.4, -0.2) is 67.9 Å². The normalized spacial score (nSPS) is 15.8. The van der Waals surface area contributed by atoms with Gasteiger partial charge in [-0.15, -0.1) is 0 Å². The summed E-state index contributed by atoms with van der Waals surface area (Å²) in [5.74, 6) is -2.86. The highest BCUT2D eigenvalue weighted by atomic mass is 16.5. The summed E-state index contributed by atoms with van der Waals surface area (Å²) in [6.45, 7) is 5.14. The Morgan fingerprint density at radius 3 is 2.41 bits per heavy atom. The molecule has 44 heavy (non-hydrogen) atoms. The number of nitrogens with two attached hydrogens (primary N) is 1. The summed E-state index contributed by atoms with van der Waals surface area (Å²) in [5.41, 5.74) is 6.60. The first-order valence-electron chi connectivity index (χ1n) is 15.2. The van der Waals surface area contributed by atoms with Gasteiger partial charge in [0.05, 0.1) is 13.7 Å². The van der Waals surface area contributed by atoms with Crippen LogP contribution in [0.5, 0.6) is 5.75 Å². The topological polar surface area (TPSA) is 149 Å². The highest BCUT2D eigenvalue weighted by Gasteiger charge is 2.47. The highest BCUT2D eigenvalue weighted by molar-refractivity contribution is 5.97. The van der Waals surface area contributed by atoms with E-state index in [1.807, 2.05) is 61.5 Å². The van der Waals surface area contributed by atoms with E-state index in [9.17, 15) is 19.2 Å². The maximum absolute atomic E-state index is 13.8. The largest absolute Gasteiger partial charge is 0.497 e. The third kappa shape index (κ3) is 10.3. The zero-order chi connectivity index (χ0) is 32.0. The minimum Gasteiger partial charge on any atom is -0.497 e. The average molecular weight is 611 g/mol. The Labute approximate surface area is 259 Å². The van der Waals surface area contributed by atoms with Crippen molar-refractivity contribution >= 4 is 23.8 Å². The van der Waals surface area contributed by atoms with Gasteiger partial charge in [-0.2, -0.15) is 0 Å². The predicted molar refractivity (Wildman–Crippen MR) is 165 cm³/mol. The molecule has 2 aromatic carbocycles. The smallest absolute Gasteiger partial charge is 0.348 e. The van der Waals surface area contributed by atoms with Crippen LogP contribution < -0.4 is 21.1 Å². The molecule has 1 heterocycles. The molecule has 2 amide bonds. The number of piperidine rings is 1. The van der Waals surface area contributed by atoms with Crippen molar-refractivity contribution in [3.8, 4) is 5.75 Å². The van der Waals surface area contributed by atoms with E-state index in [0.29, 0.717) is 31.8 Å². The number of nitrogens with one attached hydrogen (secondary N) is 2. The number of hydrogen-bond donors (Lipinski definition) is 3. The molecule has 11 nitrogen and oxygen atoms in total. The lowest BCUT2D eigenvalue weighted by atomic mass is 9.80. The molecule has 1 aliphatic rings. The van der Waals surface area contributed by atoms with Crippen LogP contribution >= 0.6 is 0 Å². The van der Waals surface area contributed by atoms with Crippen molar-refractivity contribution in [2.75, 3.05) is 33.5 Å². The fourth-order valence-corrected chi connectivity index (χ4v) is 5.41. The maximum Gasteiger partial charge on any atom is 0.348 e. The number of methoxy groups -OCH3 is 1. The third-order valence-corrected chi connectivity index (χ3v) is 7.84. The summed E-state index contributed by atoms with van der Waals surface area (Å²) < 4.78 is 15.7. The number of esters is 2. The summed E-state index contributed by atoms with van der Waals surface area (Å²) in [6, 6.07) is 17.1. The number of likely N-dealkylation sites (tertiary alicyclic amines) is 1. The van der Waals surface area contributed by atoms with Crippen LogP contribution in [0.1, 0.15) is 69.4 Å². The molecule has 3 rings (SSSR count). The van der Waals surface area contributed by atoms with Gasteiger partial charge in [0.25, 0.3) is 0 Å². The van der Waals surface area contributed by atoms with E-state index in [2.05, 4.69) is 10.6 Å². The second kappa shape index (κ2) is 17.4. The number of ether oxygens (including phenoxy) is 3. The van der Waals surface area contributed by atoms with E-state index in [1.54, 1.807) is 18.9 Å². The van der Waals surface area contributed by atoms with Crippen molar-refractivity contribution in [2.45, 2.75) is 70.5 Å². The van der Waals surface area contributed by atoms with Crippen LogP contribution in [0.2, 0.25) is 0 Å². The van der Waals surface area contributed by atoms with Crippen LogP contribution in [0.3, 0.4) is 0 Å². The number of benzene rings is 2. The molecule has 1 aliphatic heterocycles. The Kier molecular flexibility index (Phi) is 13.6. The Bertz CT molecular complexity index is 1240. The third-order valence-electron chi connectivity index (χ3n) is 7.84. The Morgan fingerprint density at radius 1 is 1.00 bits per heavy atom. The molecule has 0 aliphatic carbocycles. The van der Waals surface area contributed by atoms with Crippen molar-refractivity contribution in [2.24, 2.45) is 11.7 Å². The van der Waals surface area contributed by atoms with Crippen molar-refractivity contribution in [1.29, 1.82) is 0 Å². The van der Waals surface area contributed by atoms with Crippen molar-refractivity contribution in [1.82, 2.24) is 15.5 Å².